The van der Waals surface area contributed by atoms with Gasteiger partial charge in [0.25, 0.3) is 0 Å². The van der Waals surface area contributed by atoms with Crippen molar-refractivity contribution in [1.29, 1.82) is 0 Å². The SMILES string of the molecule is CCOC(=O)/C=C/n1cnc(-c2cc(Cl)cc(OC)c2)n1. The highest BCUT2D eigenvalue weighted by Gasteiger charge is 2.07. The topological polar surface area (TPSA) is 66.2 Å². The number of rotatable bonds is 5. The standard InChI is InChI=1S/C14H14ClN3O3/c1-3-21-13(19)4-5-18-9-16-14(17-18)10-6-11(15)8-12(7-10)20-2/h4-9H,3H2,1-2H3/b5-4+. The Morgan fingerprint density at radius 2 is 2.24 bits per heavy atom. The minimum Gasteiger partial charge on any atom is -0.497 e. The van der Waals surface area contributed by atoms with E-state index < -0.39 is 5.97 Å². The molecule has 0 radical (unpaired) electrons. The van der Waals surface area contributed by atoms with Crippen LogP contribution in [0.3, 0.4) is 0 Å². The van der Waals surface area contributed by atoms with Crippen LogP contribution in [0.15, 0.2) is 30.6 Å². The first kappa shape index (κ1) is 15.1. The molecule has 0 atom stereocenters. The summed E-state index contributed by atoms with van der Waals surface area (Å²) in [5, 5.41) is 4.76. The number of aromatic nitrogens is 3. The molecule has 0 spiro atoms. The normalized spacial score (nSPS) is 10.8. The van der Waals surface area contributed by atoms with Gasteiger partial charge in [0.15, 0.2) is 5.82 Å². The van der Waals surface area contributed by atoms with E-state index in [1.165, 1.54) is 23.3 Å². The molecule has 1 aromatic heterocycles. The summed E-state index contributed by atoms with van der Waals surface area (Å²) in [7, 11) is 1.56. The maximum Gasteiger partial charge on any atom is 0.332 e. The lowest BCUT2D eigenvalue weighted by Gasteiger charge is -2.02. The number of halogens is 1. The minimum atomic E-state index is -0.432. The van der Waals surface area contributed by atoms with Crippen LogP contribution in [-0.4, -0.2) is 34.5 Å². The van der Waals surface area contributed by atoms with E-state index in [0.29, 0.717) is 23.2 Å². The quantitative estimate of drug-likeness (QED) is 0.627. The van der Waals surface area contributed by atoms with Gasteiger partial charge in [-0.25, -0.2) is 14.5 Å². The molecule has 2 rings (SSSR count). The first-order valence-electron chi connectivity index (χ1n) is 6.23. The number of nitrogens with zero attached hydrogens (tertiary/aromatic N) is 3. The molecule has 110 valence electrons. The zero-order valence-corrected chi connectivity index (χ0v) is 12.4. The Balaban J connectivity index is 2.20. The summed E-state index contributed by atoms with van der Waals surface area (Å²) < 4.78 is 11.3. The summed E-state index contributed by atoms with van der Waals surface area (Å²) in [5.41, 5.74) is 0.725. The molecule has 0 N–H and O–H groups in total. The predicted octanol–water partition coefficient (Wildman–Crippen LogP) is 2.64. The molecule has 0 saturated carbocycles. The molecule has 0 amide bonds. The fourth-order valence-corrected chi connectivity index (χ4v) is 1.84. The van der Waals surface area contributed by atoms with Gasteiger partial charge in [-0.05, 0) is 25.1 Å². The third-order valence-electron chi connectivity index (χ3n) is 2.52. The highest BCUT2D eigenvalue weighted by atomic mass is 35.5. The molecule has 6 nitrogen and oxygen atoms in total. The van der Waals surface area contributed by atoms with Crippen LogP contribution in [0.2, 0.25) is 5.02 Å². The zero-order chi connectivity index (χ0) is 15.2. The minimum absolute atomic E-state index is 0.327. The van der Waals surface area contributed by atoms with Gasteiger partial charge >= 0.3 is 5.97 Å². The Labute approximate surface area is 127 Å². The van der Waals surface area contributed by atoms with Crippen LogP contribution in [0, 0.1) is 0 Å². The lowest BCUT2D eigenvalue weighted by molar-refractivity contribution is -0.137. The molecule has 0 aliphatic carbocycles. The Morgan fingerprint density at radius 3 is 2.95 bits per heavy atom. The fourth-order valence-electron chi connectivity index (χ4n) is 1.62. The van der Waals surface area contributed by atoms with Gasteiger partial charge in [-0.1, -0.05) is 11.6 Å². The number of methoxy groups -OCH3 is 1. The van der Waals surface area contributed by atoms with Gasteiger partial charge in [-0.3, -0.25) is 0 Å². The van der Waals surface area contributed by atoms with E-state index in [-0.39, 0.29) is 0 Å². The van der Waals surface area contributed by atoms with E-state index in [1.54, 1.807) is 32.2 Å². The van der Waals surface area contributed by atoms with Crippen LogP contribution >= 0.6 is 11.6 Å². The van der Waals surface area contributed by atoms with Crippen molar-refractivity contribution in [1.82, 2.24) is 14.8 Å². The molecule has 0 unspecified atom stereocenters. The van der Waals surface area contributed by atoms with E-state index in [9.17, 15) is 4.79 Å². The molecule has 0 bridgehead atoms. The Morgan fingerprint density at radius 1 is 1.43 bits per heavy atom. The van der Waals surface area contributed by atoms with Crippen molar-refractivity contribution >= 4 is 23.8 Å². The van der Waals surface area contributed by atoms with Crippen molar-refractivity contribution in [3.8, 4) is 17.1 Å². The molecular formula is C14H14ClN3O3. The fraction of sp³-hybridized carbons (Fsp3) is 0.214. The molecule has 1 heterocycles. The van der Waals surface area contributed by atoms with Crippen LogP contribution in [0.4, 0.5) is 0 Å². The number of ether oxygens (including phenoxy) is 2. The lowest BCUT2D eigenvalue weighted by Crippen LogP contribution is -2.00. The van der Waals surface area contributed by atoms with Crippen LogP contribution in [0.25, 0.3) is 17.6 Å². The van der Waals surface area contributed by atoms with Gasteiger partial charge in [0.2, 0.25) is 0 Å². The van der Waals surface area contributed by atoms with E-state index in [1.807, 2.05) is 0 Å². The van der Waals surface area contributed by atoms with Crippen molar-refractivity contribution in [2.75, 3.05) is 13.7 Å². The number of hydrogen-bond donors (Lipinski definition) is 0. The smallest absolute Gasteiger partial charge is 0.332 e. The first-order valence-corrected chi connectivity index (χ1v) is 6.61. The lowest BCUT2D eigenvalue weighted by atomic mass is 10.2. The molecule has 0 fully saturated rings. The van der Waals surface area contributed by atoms with Crippen molar-refractivity contribution in [3.63, 3.8) is 0 Å². The highest BCUT2D eigenvalue weighted by molar-refractivity contribution is 6.31. The van der Waals surface area contributed by atoms with Crippen LogP contribution in [0.1, 0.15) is 6.92 Å². The number of carbonyl (C=O) groups is 1. The van der Waals surface area contributed by atoms with Gasteiger partial charge in [-0.2, -0.15) is 0 Å². The van der Waals surface area contributed by atoms with E-state index in [4.69, 9.17) is 21.1 Å². The summed E-state index contributed by atoms with van der Waals surface area (Å²) in [5.74, 6) is 0.666. The number of benzene rings is 1. The summed E-state index contributed by atoms with van der Waals surface area (Å²) in [6, 6.07) is 5.21. The third kappa shape index (κ3) is 4.06. The maximum atomic E-state index is 11.2. The maximum absolute atomic E-state index is 11.2. The Kier molecular flexibility index (Phi) is 4.94. The first-order chi connectivity index (χ1) is 10.1. The van der Waals surface area contributed by atoms with Gasteiger partial charge in [0.05, 0.1) is 13.7 Å². The van der Waals surface area contributed by atoms with Crippen molar-refractivity contribution in [2.45, 2.75) is 6.92 Å². The number of hydrogen-bond acceptors (Lipinski definition) is 5. The molecule has 21 heavy (non-hydrogen) atoms. The van der Waals surface area contributed by atoms with Crippen LogP contribution in [0.5, 0.6) is 5.75 Å². The van der Waals surface area contributed by atoms with Gasteiger partial charge in [0.1, 0.15) is 12.1 Å². The largest absolute Gasteiger partial charge is 0.497 e. The second-order valence-electron chi connectivity index (χ2n) is 4.00. The Hall–Kier alpha value is -2.34. The van der Waals surface area contributed by atoms with Crippen molar-refractivity contribution < 1.29 is 14.3 Å². The summed E-state index contributed by atoms with van der Waals surface area (Å²) in [6.45, 7) is 2.07. The Bertz CT molecular complexity index is 667. The average Bonchev–Trinajstić information content (AvgIpc) is 2.93. The molecule has 1 aromatic carbocycles. The summed E-state index contributed by atoms with van der Waals surface area (Å²) >= 11 is 6.01. The van der Waals surface area contributed by atoms with Crippen molar-refractivity contribution in [2.24, 2.45) is 0 Å². The average molecular weight is 308 g/mol. The summed E-state index contributed by atoms with van der Waals surface area (Å²) in [4.78, 5) is 15.4. The van der Waals surface area contributed by atoms with Gasteiger partial charge in [0, 0.05) is 22.9 Å². The molecule has 2 aromatic rings. The second kappa shape index (κ2) is 6.90. The van der Waals surface area contributed by atoms with Crippen molar-refractivity contribution in [3.05, 3.63) is 35.6 Å². The zero-order valence-electron chi connectivity index (χ0n) is 11.6. The van der Waals surface area contributed by atoms with Gasteiger partial charge in [-0.15, -0.1) is 5.10 Å². The number of carbonyl (C=O) groups excluding carboxylic acids is 1. The monoisotopic (exact) mass is 307 g/mol. The van der Waals surface area contributed by atoms with E-state index in [2.05, 4.69) is 10.1 Å². The number of esters is 1. The van der Waals surface area contributed by atoms with E-state index in [0.717, 1.165) is 5.56 Å². The van der Waals surface area contributed by atoms with Crippen LogP contribution in [-0.2, 0) is 9.53 Å². The van der Waals surface area contributed by atoms with Gasteiger partial charge < -0.3 is 9.47 Å². The van der Waals surface area contributed by atoms with E-state index >= 15 is 0 Å². The molecule has 0 aliphatic heterocycles. The molecule has 7 heteroatoms. The molecule has 0 aliphatic rings. The highest BCUT2D eigenvalue weighted by Crippen LogP contribution is 2.26. The molecular weight excluding hydrogens is 294 g/mol. The third-order valence-corrected chi connectivity index (χ3v) is 2.74. The second-order valence-corrected chi connectivity index (χ2v) is 4.43. The predicted molar refractivity (Wildman–Crippen MR) is 79.0 cm³/mol. The van der Waals surface area contributed by atoms with Crippen LogP contribution < -0.4 is 4.74 Å². The summed E-state index contributed by atoms with van der Waals surface area (Å²) in [6.07, 6.45) is 4.23. The molecule has 0 saturated heterocycles.